The van der Waals surface area contributed by atoms with Crippen molar-refractivity contribution in [2.45, 2.75) is 6.92 Å². The number of hydrogen-bond acceptors (Lipinski definition) is 3. The van der Waals surface area contributed by atoms with Crippen LogP contribution in [0.2, 0.25) is 0 Å². The number of fused-ring (bicyclic) bond motifs is 1. The van der Waals surface area contributed by atoms with Gasteiger partial charge in [0, 0.05) is 21.1 Å². The third kappa shape index (κ3) is 4.04. The Balaban J connectivity index is 1.84. The topological polar surface area (TPSA) is 79.3 Å². The van der Waals surface area contributed by atoms with Crippen molar-refractivity contribution < 1.29 is 19.1 Å². The number of aromatic carboxylic acids is 1. The van der Waals surface area contributed by atoms with Gasteiger partial charge in [-0.3, -0.25) is 4.79 Å². The molecular weight excluding hydrogens is 463 g/mol. The quantitative estimate of drug-likeness (QED) is 0.373. The Kier molecular flexibility index (Phi) is 5.52. The predicted octanol–water partition coefficient (Wildman–Crippen LogP) is 6.06. The maximum atomic E-state index is 14.1. The van der Waals surface area contributed by atoms with Crippen molar-refractivity contribution >= 4 is 44.4 Å². The minimum Gasteiger partial charge on any atom is -0.478 e. The molecule has 0 saturated carbocycles. The Hall–Kier alpha value is -3.58. The molecule has 0 aliphatic carbocycles. The molecular formula is C24H16BrFN2O3. The van der Waals surface area contributed by atoms with E-state index in [0.717, 1.165) is 22.2 Å². The number of benzene rings is 3. The van der Waals surface area contributed by atoms with Gasteiger partial charge in [0.05, 0.1) is 22.3 Å². The molecule has 1 heterocycles. The van der Waals surface area contributed by atoms with E-state index < -0.39 is 23.3 Å². The number of carboxylic acids is 1. The predicted molar refractivity (Wildman–Crippen MR) is 121 cm³/mol. The van der Waals surface area contributed by atoms with E-state index in [2.05, 4.69) is 21.2 Å². The van der Waals surface area contributed by atoms with E-state index in [1.807, 2.05) is 55.5 Å². The zero-order valence-electron chi connectivity index (χ0n) is 16.3. The summed E-state index contributed by atoms with van der Waals surface area (Å²) in [5, 5.41) is 12.3. The van der Waals surface area contributed by atoms with Gasteiger partial charge in [-0.2, -0.15) is 0 Å². The van der Waals surface area contributed by atoms with Gasteiger partial charge in [0.15, 0.2) is 0 Å². The van der Waals surface area contributed by atoms with E-state index in [1.165, 1.54) is 6.07 Å². The summed E-state index contributed by atoms with van der Waals surface area (Å²) in [5.41, 5.74) is 2.98. The van der Waals surface area contributed by atoms with Crippen LogP contribution in [0.3, 0.4) is 0 Å². The summed E-state index contributed by atoms with van der Waals surface area (Å²) < 4.78 is 14.9. The summed E-state index contributed by atoms with van der Waals surface area (Å²) >= 11 is 3.44. The average Bonchev–Trinajstić information content (AvgIpc) is 2.73. The highest BCUT2D eigenvalue weighted by Crippen LogP contribution is 2.32. The fraction of sp³-hybridized carbons (Fsp3) is 0.0417. The molecule has 0 atom stereocenters. The molecule has 1 aromatic heterocycles. The molecule has 2 N–H and O–H groups in total. The lowest BCUT2D eigenvalue weighted by molar-refractivity contribution is 0.0691. The fourth-order valence-electron chi connectivity index (χ4n) is 3.46. The number of amides is 1. The molecule has 0 aliphatic heterocycles. The SMILES string of the molecule is Cc1c(-c2ccccc2)nc2ccc(Br)cc2c1C(=O)Nc1ccc(C(=O)O)c(F)c1. The third-order valence-corrected chi connectivity index (χ3v) is 5.42. The lowest BCUT2D eigenvalue weighted by Gasteiger charge is -2.15. The summed E-state index contributed by atoms with van der Waals surface area (Å²) in [4.78, 5) is 29.1. The van der Waals surface area contributed by atoms with E-state index in [4.69, 9.17) is 10.1 Å². The molecule has 4 aromatic rings. The number of carbonyl (C=O) groups excluding carboxylic acids is 1. The van der Waals surface area contributed by atoms with E-state index in [9.17, 15) is 14.0 Å². The van der Waals surface area contributed by atoms with Crippen LogP contribution in [0.15, 0.2) is 71.2 Å². The zero-order valence-corrected chi connectivity index (χ0v) is 17.9. The first-order chi connectivity index (χ1) is 14.8. The van der Waals surface area contributed by atoms with Gasteiger partial charge >= 0.3 is 5.97 Å². The second-order valence-electron chi connectivity index (χ2n) is 6.94. The molecule has 0 bridgehead atoms. The number of nitrogens with zero attached hydrogens (tertiary/aromatic N) is 1. The summed E-state index contributed by atoms with van der Waals surface area (Å²) in [6.07, 6.45) is 0. The number of nitrogens with one attached hydrogen (secondary N) is 1. The van der Waals surface area contributed by atoms with Crippen LogP contribution in [-0.4, -0.2) is 22.0 Å². The van der Waals surface area contributed by atoms with E-state index in [-0.39, 0.29) is 5.69 Å². The highest BCUT2D eigenvalue weighted by molar-refractivity contribution is 9.10. The first-order valence-corrected chi connectivity index (χ1v) is 10.1. The molecule has 0 unspecified atom stereocenters. The molecule has 154 valence electrons. The van der Waals surface area contributed by atoms with Crippen molar-refractivity contribution in [3.8, 4) is 11.3 Å². The molecule has 1 amide bonds. The number of aromatic nitrogens is 1. The lowest BCUT2D eigenvalue weighted by Crippen LogP contribution is -2.16. The number of rotatable bonds is 4. The second-order valence-corrected chi connectivity index (χ2v) is 7.86. The van der Waals surface area contributed by atoms with Crippen LogP contribution in [-0.2, 0) is 0 Å². The lowest BCUT2D eigenvalue weighted by atomic mass is 9.97. The highest BCUT2D eigenvalue weighted by atomic mass is 79.9. The Morgan fingerprint density at radius 3 is 2.45 bits per heavy atom. The van der Waals surface area contributed by atoms with Crippen LogP contribution in [0.1, 0.15) is 26.3 Å². The molecule has 0 fully saturated rings. The number of halogens is 2. The van der Waals surface area contributed by atoms with Gasteiger partial charge in [-0.1, -0.05) is 46.3 Å². The van der Waals surface area contributed by atoms with Crippen molar-refractivity contribution in [1.82, 2.24) is 4.98 Å². The number of carboxylic acid groups (broad SMARTS) is 1. The van der Waals surface area contributed by atoms with Crippen molar-refractivity contribution in [1.29, 1.82) is 0 Å². The normalized spacial score (nSPS) is 10.8. The number of anilines is 1. The van der Waals surface area contributed by atoms with Gasteiger partial charge in [-0.25, -0.2) is 14.2 Å². The van der Waals surface area contributed by atoms with Gasteiger partial charge in [0.2, 0.25) is 0 Å². The van der Waals surface area contributed by atoms with Crippen LogP contribution in [0.25, 0.3) is 22.2 Å². The van der Waals surface area contributed by atoms with Crippen molar-refractivity contribution in [2.24, 2.45) is 0 Å². The summed E-state index contributed by atoms with van der Waals surface area (Å²) in [6.45, 7) is 1.82. The zero-order chi connectivity index (χ0) is 22.1. The van der Waals surface area contributed by atoms with Crippen molar-refractivity contribution in [3.63, 3.8) is 0 Å². The van der Waals surface area contributed by atoms with E-state index >= 15 is 0 Å². The van der Waals surface area contributed by atoms with Crippen LogP contribution in [0, 0.1) is 12.7 Å². The van der Waals surface area contributed by atoms with Crippen LogP contribution in [0.4, 0.5) is 10.1 Å². The minimum absolute atomic E-state index is 0.160. The average molecular weight is 479 g/mol. The first kappa shape index (κ1) is 20.7. The Labute approximate surface area is 185 Å². The monoisotopic (exact) mass is 478 g/mol. The molecule has 31 heavy (non-hydrogen) atoms. The number of pyridine rings is 1. The Bertz CT molecular complexity index is 1340. The third-order valence-electron chi connectivity index (χ3n) is 4.92. The maximum Gasteiger partial charge on any atom is 0.338 e. The first-order valence-electron chi connectivity index (χ1n) is 9.34. The smallest absolute Gasteiger partial charge is 0.338 e. The van der Waals surface area contributed by atoms with Crippen molar-refractivity contribution in [3.05, 3.63) is 93.7 Å². The van der Waals surface area contributed by atoms with Gasteiger partial charge in [0.25, 0.3) is 5.91 Å². The Morgan fingerprint density at radius 1 is 1.03 bits per heavy atom. The molecule has 3 aromatic carbocycles. The van der Waals surface area contributed by atoms with Gasteiger partial charge in [-0.15, -0.1) is 0 Å². The van der Waals surface area contributed by atoms with Gasteiger partial charge < -0.3 is 10.4 Å². The van der Waals surface area contributed by atoms with Crippen molar-refractivity contribution in [2.75, 3.05) is 5.32 Å². The maximum absolute atomic E-state index is 14.1. The standard InChI is InChI=1S/C24H16BrFN2O3/c1-13-21(23(29)27-16-8-9-17(24(30)31)19(26)12-16)18-11-15(25)7-10-20(18)28-22(13)14-5-3-2-4-6-14/h2-12H,1H3,(H,27,29)(H,30,31). The molecule has 0 saturated heterocycles. The van der Waals surface area contributed by atoms with Gasteiger partial charge in [-0.05, 0) is 48.9 Å². The summed E-state index contributed by atoms with van der Waals surface area (Å²) in [5.74, 6) is -2.74. The van der Waals surface area contributed by atoms with Crippen LogP contribution < -0.4 is 5.32 Å². The largest absolute Gasteiger partial charge is 0.478 e. The summed E-state index contributed by atoms with van der Waals surface area (Å²) in [6, 6.07) is 18.5. The minimum atomic E-state index is -1.37. The molecule has 0 spiro atoms. The van der Waals surface area contributed by atoms with Crippen LogP contribution in [0.5, 0.6) is 0 Å². The molecule has 0 aliphatic rings. The summed E-state index contributed by atoms with van der Waals surface area (Å²) in [7, 11) is 0. The number of carbonyl (C=O) groups is 2. The molecule has 7 heteroatoms. The Morgan fingerprint density at radius 2 is 1.77 bits per heavy atom. The van der Waals surface area contributed by atoms with Crippen LogP contribution >= 0.6 is 15.9 Å². The molecule has 5 nitrogen and oxygen atoms in total. The van der Waals surface area contributed by atoms with E-state index in [1.54, 1.807) is 0 Å². The number of hydrogen-bond donors (Lipinski definition) is 2. The molecule has 0 radical (unpaired) electrons. The van der Waals surface area contributed by atoms with E-state index in [0.29, 0.717) is 27.7 Å². The highest BCUT2D eigenvalue weighted by Gasteiger charge is 2.20. The fourth-order valence-corrected chi connectivity index (χ4v) is 3.82. The second kappa shape index (κ2) is 8.28. The van der Waals surface area contributed by atoms with Gasteiger partial charge in [0.1, 0.15) is 5.82 Å². The molecule has 4 rings (SSSR count).